The molecular formula is C55H96N2O33S2. The number of nitrogens with one attached hydrogen (secondary N) is 1. The monoisotopic (exact) mass is 1380 g/mol. The van der Waals surface area contributed by atoms with E-state index in [1.807, 2.05) is 0 Å². The molecule has 35 nitrogen and oxygen atoms in total. The van der Waals surface area contributed by atoms with Crippen LogP contribution in [-0.4, -0.2) is 380 Å². The predicted molar refractivity (Wildman–Crippen MR) is 308 cm³/mol. The van der Waals surface area contributed by atoms with Crippen molar-refractivity contribution in [2.75, 3.05) is 62.6 Å². The predicted octanol–water partition coefficient (Wildman–Crippen LogP) is -9.63. The Morgan fingerprint density at radius 3 is 0.783 bits per heavy atom. The molecule has 21 rings (SSSR count). The van der Waals surface area contributed by atoms with Crippen molar-refractivity contribution in [1.82, 2.24) is 0 Å². The van der Waals surface area contributed by atoms with E-state index in [9.17, 15) is 97.0 Å². The van der Waals surface area contributed by atoms with Crippen molar-refractivity contribution >= 4 is 29.2 Å². The highest BCUT2D eigenvalue weighted by Crippen LogP contribution is 2.40. The summed E-state index contributed by atoms with van der Waals surface area (Å²) < 4.78 is 83.1. The lowest BCUT2D eigenvalue weighted by molar-refractivity contribution is -0.395. The van der Waals surface area contributed by atoms with Crippen LogP contribution >= 0.6 is 23.5 Å². The van der Waals surface area contributed by atoms with Crippen molar-refractivity contribution in [2.45, 2.75) is 273 Å². The van der Waals surface area contributed by atoms with Gasteiger partial charge in [-0.25, -0.2) is 0 Å². The number of rotatable bonds is 21. The van der Waals surface area contributed by atoms with Gasteiger partial charge >= 0.3 is 0 Å². The highest BCUT2D eigenvalue weighted by atomic mass is 32.2. The standard InChI is InChI=1S/C55H96N2O33S2/c1-2-3-4-5-6-8-20(57)9-7-11-91-18-26-47-33(68)40(75)54(82-26)87-45-24(16-61)78-51(36(71)29(45)64)86-44-23(15-60)81-53(39(74)32(44)67)90-48-27(19-92-12-10-56)83-55(41(76)34(48)69)88-46-25(17-62)79-50(37(72)30(46)65)84-42-21(13-58)77-49(35(70)28(42)63)85-43-22(14-59)80-52(89-47)38(73)31(43)66/h21-55,57-76H,2-19,56H2,1H3. The molecule has 21 saturated heterocycles. The fourth-order valence-electron chi connectivity index (χ4n) is 12.3. The summed E-state index contributed by atoms with van der Waals surface area (Å²) >= 11 is 2.42. The zero-order valence-electron chi connectivity index (χ0n) is 50.5. The first-order valence-corrected chi connectivity index (χ1v) is 33.5. The van der Waals surface area contributed by atoms with Gasteiger partial charge in [0.1, 0.15) is 159 Å². The summed E-state index contributed by atoms with van der Waals surface area (Å²) in [5.74, 6) is 0.541. The lowest BCUT2D eigenvalue weighted by atomic mass is 9.95. The molecule has 0 amide bonds. The second-order valence-electron chi connectivity index (χ2n) is 24.1. The Morgan fingerprint density at radius 1 is 0.304 bits per heavy atom. The maximum Gasteiger partial charge on any atom is 0.187 e. The molecule has 35 atom stereocenters. The smallest absolute Gasteiger partial charge is 0.187 e. The topological polar surface area (TPSA) is 563 Å². The van der Waals surface area contributed by atoms with Crippen molar-refractivity contribution in [3.05, 3.63) is 0 Å². The fraction of sp³-hybridized carbons (Fsp3) is 0.982. The highest BCUT2D eigenvalue weighted by Gasteiger charge is 2.59. The van der Waals surface area contributed by atoms with Crippen LogP contribution in [0.1, 0.15) is 58.3 Å². The number of aliphatic hydroxyl groups excluding tert-OH is 19. The fourth-order valence-corrected chi connectivity index (χ4v) is 14.2. The first kappa shape index (κ1) is 76.8. The number of hydrogen-bond acceptors (Lipinski definition) is 37. The van der Waals surface area contributed by atoms with Crippen LogP contribution in [0.3, 0.4) is 0 Å². The molecule has 0 aromatic heterocycles. The first-order valence-electron chi connectivity index (χ1n) is 31.2. The molecule has 0 radical (unpaired) electrons. The molecule has 35 unspecified atom stereocenters. The zero-order valence-corrected chi connectivity index (χ0v) is 52.2. The van der Waals surface area contributed by atoms with Gasteiger partial charge in [-0.15, -0.1) is 0 Å². The Morgan fingerprint density at radius 2 is 0.533 bits per heavy atom. The molecule has 0 spiro atoms. The van der Waals surface area contributed by atoms with Crippen LogP contribution in [0, 0.1) is 5.41 Å². The summed E-state index contributed by atoms with van der Waals surface area (Å²) in [6, 6.07) is 0. The molecule has 14 bridgehead atoms. The van der Waals surface area contributed by atoms with Gasteiger partial charge in [-0.3, -0.25) is 0 Å². The van der Waals surface area contributed by atoms with Gasteiger partial charge in [-0.05, 0) is 31.4 Å². The van der Waals surface area contributed by atoms with Gasteiger partial charge in [-0.1, -0.05) is 32.6 Å². The van der Waals surface area contributed by atoms with Gasteiger partial charge < -0.3 is 174 Å². The third kappa shape index (κ3) is 17.8. The summed E-state index contributed by atoms with van der Waals surface area (Å²) in [6.45, 7) is -2.79. The summed E-state index contributed by atoms with van der Waals surface area (Å²) in [4.78, 5) is 0. The van der Waals surface area contributed by atoms with E-state index < -0.39 is 248 Å². The summed E-state index contributed by atoms with van der Waals surface area (Å²) in [5, 5.41) is 224. The van der Waals surface area contributed by atoms with Gasteiger partial charge in [0.15, 0.2) is 44.0 Å². The van der Waals surface area contributed by atoms with E-state index >= 15 is 0 Å². The summed E-state index contributed by atoms with van der Waals surface area (Å²) in [6.07, 6.45) is -60.8. The van der Waals surface area contributed by atoms with Crippen molar-refractivity contribution < 1.29 is 163 Å². The van der Waals surface area contributed by atoms with Crippen molar-refractivity contribution in [3.63, 3.8) is 0 Å². The quantitative estimate of drug-likeness (QED) is 0.0375. The van der Waals surface area contributed by atoms with Gasteiger partial charge in [0.25, 0.3) is 0 Å². The zero-order chi connectivity index (χ0) is 66.8. The van der Waals surface area contributed by atoms with E-state index in [0.29, 0.717) is 36.5 Å². The van der Waals surface area contributed by atoms with E-state index in [-0.39, 0.29) is 18.1 Å². The minimum atomic E-state index is -2.19. The Balaban J connectivity index is 1.08. The van der Waals surface area contributed by atoms with Crippen molar-refractivity contribution in [2.24, 2.45) is 5.73 Å². The van der Waals surface area contributed by atoms with E-state index in [1.54, 1.807) is 0 Å². The second-order valence-corrected chi connectivity index (χ2v) is 26.4. The number of aliphatic hydroxyl groups is 19. The Hall–Kier alpha value is -0.990. The average Bonchev–Trinajstić information content (AvgIpc) is 0.800. The van der Waals surface area contributed by atoms with Crippen LogP contribution in [-0.2, 0) is 66.3 Å². The Bertz CT molecular complexity index is 2180. The molecule has 536 valence electrons. The maximum atomic E-state index is 11.9. The van der Waals surface area contributed by atoms with Crippen LogP contribution in [0.25, 0.3) is 0 Å². The van der Waals surface area contributed by atoms with E-state index in [1.165, 1.54) is 11.8 Å². The van der Waals surface area contributed by atoms with Gasteiger partial charge in [0.05, 0.1) is 45.2 Å². The molecule has 21 heterocycles. The maximum absolute atomic E-state index is 11.9. The number of nitrogens with two attached hydrogens (primary N) is 1. The highest BCUT2D eigenvalue weighted by molar-refractivity contribution is 7.99. The minimum Gasteiger partial charge on any atom is -0.394 e. The van der Waals surface area contributed by atoms with Crippen molar-refractivity contribution in [3.8, 4) is 0 Å². The summed E-state index contributed by atoms with van der Waals surface area (Å²) in [5.41, 5.74) is 6.30. The van der Waals surface area contributed by atoms with Crippen LogP contribution < -0.4 is 5.73 Å². The van der Waals surface area contributed by atoms with Gasteiger partial charge in [0.2, 0.25) is 0 Å². The molecule has 92 heavy (non-hydrogen) atoms. The molecule has 0 aliphatic carbocycles. The molecule has 21 aliphatic rings. The van der Waals surface area contributed by atoms with E-state index in [4.69, 9.17) is 77.5 Å². The largest absolute Gasteiger partial charge is 0.394 e. The third-order valence-corrected chi connectivity index (χ3v) is 19.8. The van der Waals surface area contributed by atoms with Gasteiger partial charge in [-0.2, -0.15) is 23.5 Å². The number of hydrogen-bond donors (Lipinski definition) is 21. The number of ether oxygens (including phenoxy) is 14. The molecule has 21 aliphatic heterocycles. The summed E-state index contributed by atoms with van der Waals surface area (Å²) in [7, 11) is 0. The molecule has 0 saturated carbocycles. The second kappa shape index (κ2) is 35.9. The molecule has 21 fully saturated rings. The van der Waals surface area contributed by atoms with Crippen LogP contribution in [0.5, 0.6) is 0 Å². The normalized spacial score (nSPS) is 48.2. The molecule has 0 aromatic rings. The van der Waals surface area contributed by atoms with E-state index in [2.05, 4.69) is 6.92 Å². The average molecular weight is 1380 g/mol. The van der Waals surface area contributed by atoms with E-state index in [0.717, 1.165) is 43.9 Å². The first-order chi connectivity index (χ1) is 44.0. The number of unbranched alkanes of at least 4 members (excludes halogenated alkanes) is 4. The van der Waals surface area contributed by atoms with Gasteiger partial charge in [0, 0.05) is 29.5 Å². The van der Waals surface area contributed by atoms with Crippen LogP contribution in [0.2, 0.25) is 0 Å². The lowest BCUT2D eigenvalue weighted by Crippen LogP contribution is -2.68. The van der Waals surface area contributed by atoms with Crippen LogP contribution in [0.4, 0.5) is 0 Å². The lowest BCUT2D eigenvalue weighted by Gasteiger charge is -2.50. The third-order valence-electron chi connectivity index (χ3n) is 17.6. The Kier molecular flexibility index (Phi) is 29.9. The number of thioether (sulfide) groups is 2. The SMILES string of the molecule is CCCCCCCC(=N)CCCSCC1OC2OC3C(CO)OC(OC4C(CO)OC(OC5C(CSCCN)OC(OC6C(CO)OC(OC7C(CO)OC(OC8C(CO)OC(OC1C(O)C2O)C(O)C8O)C(O)C7O)C(O)C6O)C(O)C5O)C(O)C4O)C(O)C3O. The Labute approximate surface area is 537 Å². The molecule has 22 N–H and O–H groups in total. The minimum absolute atomic E-state index is 0.0777. The van der Waals surface area contributed by atoms with Crippen molar-refractivity contribution in [1.29, 1.82) is 5.41 Å². The molecule has 37 heteroatoms. The molecular weight excluding hydrogens is 1280 g/mol. The molecule has 0 aromatic carbocycles. The van der Waals surface area contributed by atoms with Crippen LogP contribution in [0.15, 0.2) is 0 Å².